The van der Waals surface area contributed by atoms with Crippen LogP contribution in [0.15, 0.2) is 60.9 Å². The van der Waals surface area contributed by atoms with Crippen LogP contribution >= 0.6 is 23.2 Å². The van der Waals surface area contributed by atoms with Crippen LogP contribution in [0.25, 0.3) is 0 Å². The van der Waals surface area contributed by atoms with Crippen LogP contribution in [0.3, 0.4) is 0 Å². The molecule has 1 heterocycles. The number of rotatable bonds is 4. The molecule has 0 bridgehead atoms. The standard InChI is InChI=1S/C19H15Cl2N3O/c1-12-4-2-5-14(8-12)24-19(25)13-9-15(11-22-10-13)23-17-7-3-6-16(20)18(17)21/h2-11,23H,1H3,(H,24,25). The molecule has 0 unspecified atom stereocenters. The van der Waals surface area contributed by atoms with Gasteiger partial charge in [-0.3, -0.25) is 9.78 Å². The zero-order chi connectivity index (χ0) is 17.8. The number of carbonyl (C=O) groups is 1. The number of hydrogen-bond acceptors (Lipinski definition) is 3. The van der Waals surface area contributed by atoms with Gasteiger partial charge in [-0.15, -0.1) is 0 Å². The predicted molar refractivity (Wildman–Crippen MR) is 103 cm³/mol. The Labute approximate surface area is 155 Å². The number of halogens is 2. The van der Waals surface area contributed by atoms with Crippen LogP contribution in [0.4, 0.5) is 17.1 Å². The fraction of sp³-hybridized carbons (Fsp3) is 0.0526. The molecule has 2 aromatic carbocycles. The molecule has 6 heteroatoms. The van der Waals surface area contributed by atoms with Gasteiger partial charge in [-0.25, -0.2) is 0 Å². The SMILES string of the molecule is Cc1cccc(NC(=O)c2cncc(Nc3cccc(Cl)c3Cl)c2)c1. The summed E-state index contributed by atoms with van der Waals surface area (Å²) in [7, 11) is 0. The number of amides is 1. The summed E-state index contributed by atoms with van der Waals surface area (Å²) < 4.78 is 0. The minimum Gasteiger partial charge on any atom is -0.353 e. The highest BCUT2D eigenvalue weighted by atomic mass is 35.5. The van der Waals surface area contributed by atoms with Gasteiger partial charge >= 0.3 is 0 Å². The third-order valence-electron chi connectivity index (χ3n) is 3.51. The van der Waals surface area contributed by atoms with Crippen LogP contribution in [-0.2, 0) is 0 Å². The lowest BCUT2D eigenvalue weighted by Crippen LogP contribution is -2.12. The van der Waals surface area contributed by atoms with E-state index in [1.807, 2.05) is 31.2 Å². The minimum absolute atomic E-state index is 0.237. The zero-order valence-corrected chi connectivity index (χ0v) is 14.9. The van der Waals surface area contributed by atoms with Gasteiger partial charge in [-0.05, 0) is 42.8 Å². The summed E-state index contributed by atoms with van der Waals surface area (Å²) >= 11 is 12.2. The Morgan fingerprint density at radius 3 is 2.60 bits per heavy atom. The van der Waals surface area contributed by atoms with Gasteiger partial charge in [0.05, 0.1) is 33.2 Å². The highest BCUT2D eigenvalue weighted by Gasteiger charge is 2.09. The van der Waals surface area contributed by atoms with Crippen molar-refractivity contribution in [2.45, 2.75) is 6.92 Å². The van der Waals surface area contributed by atoms with Crippen LogP contribution in [0.5, 0.6) is 0 Å². The van der Waals surface area contributed by atoms with Crippen molar-refractivity contribution in [3.8, 4) is 0 Å². The number of anilines is 3. The van der Waals surface area contributed by atoms with E-state index in [1.165, 1.54) is 6.20 Å². The number of benzene rings is 2. The zero-order valence-electron chi connectivity index (χ0n) is 13.4. The average molecular weight is 372 g/mol. The van der Waals surface area contributed by atoms with Gasteiger partial charge in [0, 0.05) is 11.9 Å². The molecule has 126 valence electrons. The molecule has 1 amide bonds. The highest BCUT2D eigenvalue weighted by molar-refractivity contribution is 6.43. The lowest BCUT2D eigenvalue weighted by molar-refractivity contribution is 0.102. The van der Waals surface area contributed by atoms with Crippen molar-refractivity contribution in [3.05, 3.63) is 82.1 Å². The average Bonchev–Trinajstić information content (AvgIpc) is 2.59. The first-order valence-electron chi connectivity index (χ1n) is 7.57. The Balaban J connectivity index is 1.79. The van der Waals surface area contributed by atoms with Crippen LogP contribution in [0, 0.1) is 6.92 Å². The lowest BCUT2D eigenvalue weighted by Gasteiger charge is -2.10. The summed E-state index contributed by atoms with van der Waals surface area (Å²) in [5, 5.41) is 6.85. The minimum atomic E-state index is -0.237. The Morgan fingerprint density at radius 1 is 1.00 bits per heavy atom. The Bertz CT molecular complexity index is 928. The molecule has 0 aliphatic carbocycles. The van der Waals surface area contributed by atoms with Crippen molar-refractivity contribution >= 4 is 46.2 Å². The topological polar surface area (TPSA) is 54.0 Å². The van der Waals surface area contributed by atoms with E-state index in [0.29, 0.717) is 27.0 Å². The molecular formula is C19H15Cl2N3O. The van der Waals surface area contributed by atoms with Gasteiger partial charge in [0.25, 0.3) is 5.91 Å². The van der Waals surface area contributed by atoms with Gasteiger partial charge in [-0.1, -0.05) is 41.4 Å². The summed E-state index contributed by atoms with van der Waals surface area (Å²) in [6, 6.07) is 14.6. The van der Waals surface area contributed by atoms with E-state index in [-0.39, 0.29) is 5.91 Å². The van der Waals surface area contributed by atoms with Gasteiger partial charge in [0.15, 0.2) is 0 Å². The first kappa shape index (κ1) is 17.3. The predicted octanol–water partition coefficient (Wildman–Crippen LogP) is 5.69. The normalized spacial score (nSPS) is 10.4. The molecule has 25 heavy (non-hydrogen) atoms. The second kappa shape index (κ2) is 7.55. The number of aromatic nitrogens is 1. The molecule has 0 saturated carbocycles. The fourth-order valence-electron chi connectivity index (χ4n) is 2.31. The third-order valence-corrected chi connectivity index (χ3v) is 4.33. The monoisotopic (exact) mass is 371 g/mol. The fourth-order valence-corrected chi connectivity index (χ4v) is 2.66. The van der Waals surface area contributed by atoms with Crippen molar-refractivity contribution in [3.63, 3.8) is 0 Å². The molecule has 4 nitrogen and oxygen atoms in total. The molecule has 0 spiro atoms. The molecule has 0 fully saturated rings. The quantitative estimate of drug-likeness (QED) is 0.618. The van der Waals surface area contributed by atoms with Crippen molar-refractivity contribution in [1.29, 1.82) is 0 Å². The maximum Gasteiger partial charge on any atom is 0.257 e. The van der Waals surface area contributed by atoms with Gasteiger partial charge in [-0.2, -0.15) is 0 Å². The van der Waals surface area contributed by atoms with E-state index in [9.17, 15) is 4.79 Å². The molecule has 0 atom stereocenters. The van der Waals surface area contributed by atoms with Crippen LogP contribution < -0.4 is 10.6 Å². The molecule has 2 N–H and O–H groups in total. The Morgan fingerprint density at radius 2 is 1.80 bits per heavy atom. The van der Waals surface area contributed by atoms with E-state index >= 15 is 0 Å². The smallest absolute Gasteiger partial charge is 0.257 e. The first-order valence-corrected chi connectivity index (χ1v) is 8.32. The summed E-state index contributed by atoms with van der Waals surface area (Å²) in [6.45, 7) is 1.97. The Hall–Kier alpha value is -2.56. The molecular weight excluding hydrogens is 357 g/mol. The maximum absolute atomic E-state index is 12.4. The van der Waals surface area contributed by atoms with E-state index in [4.69, 9.17) is 23.2 Å². The van der Waals surface area contributed by atoms with Crippen molar-refractivity contribution in [2.75, 3.05) is 10.6 Å². The molecule has 0 aliphatic heterocycles. The first-order chi connectivity index (χ1) is 12.0. The summed E-state index contributed by atoms with van der Waals surface area (Å²) in [5.74, 6) is -0.237. The lowest BCUT2D eigenvalue weighted by atomic mass is 10.2. The third kappa shape index (κ3) is 4.29. The largest absolute Gasteiger partial charge is 0.353 e. The van der Waals surface area contributed by atoms with Gasteiger partial charge in [0.2, 0.25) is 0 Å². The summed E-state index contributed by atoms with van der Waals surface area (Å²) in [4.78, 5) is 16.5. The number of nitrogens with one attached hydrogen (secondary N) is 2. The van der Waals surface area contributed by atoms with E-state index < -0.39 is 0 Å². The second-order valence-electron chi connectivity index (χ2n) is 5.51. The van der Waals surface area contributed by atoms with Crippen LogP contribution in [0.1, 0.15) is 15.9 Å². The van der Waals surface area contributed by atoms with E-state index in [0.717, 1.165) is 11.3 Å². The van der Waals surface area contributed by atoms with Crippen LogP contribution in [-0.4, -0.2) is 10.9 Å². The van der Waals surface area contributed by atoms with Crippen molar-refractivity contribution in [2.24, 2.45) is 0 Å². The maximum atomic E-state index is 12.4. The summed E-state index contributed by atoms with van der Waals surface area (Å²) in [5.41, 5.74) is 3.53. The molecule has 3 rings (SSSR count). The van der Waals surface area contributed by atoms with Crippen LogP contribution in [0.2, 0.25) is 10.0 Å². The van der Waals surface area contributed by atoms with E-state index in [1.54, 1.807) is 30.5 Å². The van der Waals surface area contributed by atoms with Crippen molar-refractivity contribution in [1.82, 2.24) is 4.98 Å². The number of nitrogens with zero attached hydrogens (tertiary/aromatic N) is 1. The number of carbonyl (C=O) groups excluding carboxylic acids is 1. The number of pyridine rings is 1. The number of hydrogen-bond donors (Lipinski definition) is 2. The molecule has 0 saturated heterocycles. The molecule has 0 radical (unpaired) electrons. The summed E-state index contributed by atoms with van der Waals surface area (Å²) in [6.07, 6.45) is 3.12. The van der Waals surface area contributed by atoms with Gasteiger partial charge in [0.1, 0.15) is 0 Å². The van der Waals surface area contributed by atoms with E-state index in [2.05, 4.69) is 15.6 Å². The molecule has 0 aliphatic rings. The molecule has 1 aromatic heterocycles. The Kier molecular flexibility index (Phi) is 5.22. The van der Waals surface area contributed by atoms with Crippen molar-refractivity contribution < 1.29 is 4.79 Å². The highest BCUT2D eigenvalue weighted by Crippen LogP contribution is 2.31. The number of aryl methyl sites for hydroxylation is 1. The second-order valence-corrected chi connectivity index (χ2v) is 6.30. The van der Waals surface area contributed by atoms with Gasteiger partial charge < -0.3 is 10.6 Å². The molecule has 3 aromatic rings.